The molecule has 2 aromatic rings. The number of nitrogen functional groups attached to an aromatic ring is 1. The van der Waals surface area contributed by atoms with Crippen LogP contribution in [0.1, 0.15) is 5.69 Å². The van der Waals surface area contributed by atoms with E-state index in [1.807, 2.05) is 6.92 Å². The molecule has 2 N–H and O–H groups in total. The molecule has 72 valence electrons. The fourth-order valence-corrected chi connectivity index (χ4v) is 1.18. The van der Waals surface area contributed by atoms with Crippen LogP contribution in [0.25, 0.3) is 5.95 Å². The number of anilines is 1. The molecule has 0 fully saturated rings. The number of aromatic nitrogens is 4. The molecule has 0 aliphatic heterocycles. The molecular weight excluding hydrogens is 202 g/mol. The number of halogens is 1. The Morgan fingerprint density at radius 3 is 2.86 bits per heavy atom. The predicted octanol–water partition coefficient (Wildman–Crippen LogP) is 1.21. The summed E-state index contributed by atoms with van der Waals surface area (Å²) >= 11 is 5.73. The Balaban J connectivity index is 2.55. The minimum absolute atomic E-state index is 0.378. The number of nitrogens with two attached hydrogens (primary N) is 1. The average molecular weight is 210 g/mol. The maximum atomic E-state index is 5.73. The van der Waals surface area contributed by atoms with Crippen molar-refractivity contribution in [3.05, 3.63) is 29.3 Å². The van der Waals surface area contributed by atoms with Crippen LogP contribution < -0.4 is 5.73 Å². The standard InChI is InChI=1S/C8H8ClN5/c1-5-6(10)4-12-14(5)8-11-3-2-7(9)13-8/h2-4H,10H2,1H3. The first kappa shape index (κ1) is 8.96. The summed E-state index contributed by atoms with van der Waals surface area (Å²) < 4.78 is 1.54. The Kier molecular flexibility index (Phi) is 2.09. The fraction of sp³-hybridized carbons (Fsp3) is 0.125. The van der Waals surface area contributed by atoms with Crippen molar-refractivity contribution in [3.63, 3.8) is 0 Å². The molecule has 0 amide bonds. The lowest BCUT2D eigenvalue weighted by molar-refractivity contribution is 0.783. The smallest absolute Gasteiger partial charge is 0.252 e. The number of rotatable bonds is 1. The van der Waals surface area contributed by atoms with Gasteiger partial charge in [0.15, 0.2) is 0 Å². The third-order valence-electron chi connectivity index (χ3n) is 1.85. The summed E-state index contributed by atoms with van der Waals surface area (Å²) in [4.78, 5) is 8.05. The van der Waals surface area contributed by atoms with Gasteiger partial charge in [0.25, 0.3) is 5.95 Å². The van der Waals surface area contributed by atoms with Gasteiger partial charge in [0.05, 0.1) is 17.6 Å². The SMILES string of the molecule is Cc1c(N)cnn1-c1nccc(Cl)n1. The van der Waals surface area contributed by atoms with Gasteiger partial charge in [0.1, 0.15) is 5.15 Å². The summed E-state index contributed by atoms with van der Waals surface area (Å²) in [5.41, 5.74) is 7.05. The first-order valence-electron chi connectivity index (χ1n) is 3.97. The van der Waals surface area contributed by atoms with E-state index in [1.165, 1.54) is 0 Å². The zero-order chi connectivity index (χ0) is 10.1. The van der Waals surface area contributed by atoms with Crippen molar-refractivity contribution in [3.8, 4) is 5.95 Å². The van der Waals surface area contributed by atoms with Gasteiger partial charge in [0.2, 0.25) is 0 Å². The number of hydrogen-bond acceptors (Lipinski definition) is 4. The molecule has 2 heterocycles. The quantitative estimate of drug-likeness (QED) is 0.717. The molecule has 0 atom stereocenters. The van der Waals surface area contributed by atoms with Gasteiger partial charge >= 0.3 is 0 Å². The van der Waals surface area contributed by atoms with Gasteiger partial charge in [0, 0.05) is 6.20 Å². The molecule has 0 saturated carbocycles. The van der Waals surface area contributed by atoms with E-state index in [0.717, 1.165) is 5.69 Å². The predicted molar refractivity (Wildman–Crippen MR) is 53.3 cm³/mol. The lowest BCUT2D eigenvalue weighted by Gasteiger charge is -2.01. The first-order chi connectivity index (χ1) is 6.68. The molecule has 5 nitrogen and oxygen atoms in total. The highest BCUT2D eigenvalue weighted by Crippen LogP contribution is 2.13. The van der Waals surface area contributed by atoms with Gasteiger partial charge in [-0.1, -0.05) is 11.6 Å². The molecule has 0 saturated heterocycles. The van der Waals surface area contributed by atoms with Crippen molar-refractivity contribution < 1.29 is 0 Å². The van der Waals surface area contributed by atoms with Crippen LogP contribution in [0.2, 0.25) is 5.15 Å². The molecule has 0 unspecified atom stereocenters. The lowest BCUT2D eigenvalue weighted by Crippen LogP contribution is -2.04. The van der Waals surface area contributed by atoms with Gasteiger partial charge in [-0.05, 0) is 13.0 Å². The van der Waals surface area contributed by atoms with Crippen molar-refractivity contribution in [2.45, 2.75) is 6.92 Å². The van der Waals surface area contributed by atoms with Crippen LogP contribution in [0.4, 0.5) is 5.69 Å². The second-order valence-corrected chi connectivity index (χ2v) is 3.16. The van der Waals surface area contributed by atoms with Crippen LogP contribution >= 0.6 is 11.6 Å². The molecule has 0 bridgehead atoms. The van der Waals surface area contributed by atoms with Crippen LogP contribution in [0.3, 0.4) is 0 Å². The van der Waals surface area contributed by atoms with Crippen molar-refractivity contribution in [2.75, 3.05) is 5.73 Å². The van der Waals surface area contributed by atoms with Gasteiger partial charge in [-0.2, -0.15) is 10.1 Å². The Bertz CT molecular complexity index is 465. The van der Waals surface area contributed by atoms with Crippen LogP contribution in [0.15, 0.2) is 18.5 Å². The molecule has 0 spiro atoms. The van der Waals surface area contributed by atoms with Crippen LogP contribution in [0, 0.1) is 6.92 Å². The van der Waals surface area contributed by atoms with Gasteiger partial charge < -0.3 is 5.73 Å². The molecule has 0 radical (unpaired) electrons. The number of hydrogen-bond donors (Lipinski definition) is 1. The van der Waals surface area contributed by atoms with E-state index in [9.17, 15) is 0 Å². The minimum Gasteiger partial charge on any atom is -0.396 e. The molecule has 14 heavy (non-hydrogen) atoms. The molecule has 0 aromatic carbocycles. The summed E-state index contributed by atoms with van der Waals surface area (Å²) in [6.45, 7) is 1.84. The van der Waals surface area contributed by atoms with Crippen LogP contribution in [-0.2, 0) is 0 Å². The third-order valence-corrected chi connectivity index (χ3v) is 2.06. The number of nitrogens with zero attached hydrogens (tertiary/aromatic N) is 4. The molecule has 2 aromatic heterocycles. The summed E-state index contributed by atoms with van der Waals surface area (Å²) in [5.74, 6) is 0.423. The van der Waals surface area contributed by atoms with Crippen molar-refractivity contribution >= 4 is 17.3 Å². The maximum absolute atomic E-state index is 5.73. The average Bonchev–Trinajstić information content (AvgIpc) is 2.48. The van der Waals surface area contributed by atoms with Crippen molar-refractivity contribution in [1.82, 2.24) is 19.7 Å². The zero-order valence-corrected chi connectivity index (χ0v) is 8.23. The Hall–Kier alpha value is -1.62. The maximum Gasteiger partial charge on any atom is 0.252 e. The summed E-state index contributed by atoms with van der Waals surface area (Å²) in [5, 5.41) is 4.41. The Morgan fingerprint density at radius 1 is 1.50 bits per heavy atom. The monoisotopic (exact) mass is 209 g/mol. The van der Waals surface area contributed by atoms with E-state index >= 15 is 0 Å². The van der Waals surface area contributed by atoms with E-state index in [-0.39, 0.29) is 0 Å². The Labute approximate surface area is 85.5 Å². The topological polar surface area (TPSA) is 69.6 Å². The van der Waals surface area contributed by atoms with E-state index in [0.29, 0.717) is 16.8 Å². The van der Waals surface area contributed by atoms with Crippen molar-refractivity contribution in [2.24, 2.45) is 0 Å². The molecule has 0 aliphatic rings. The lowest BCUT2D eigenvalue weighted by atomic mass is 10.4. The van der Waals surface area contributed by atoms with Crippen LogP contribution in [0.5, 0.6) is 0 Å². The van der Waals surface area contributed by atoms with E-state index in [1.54, 1.807) is 23.1 Å². The largest absolute Gasteiger partial charge is 0.396 e. The summed E-state index contributed by atoms with van der Waals surface area (Å²) in [7, 11) is 0. The second-order valence-electron chi connectivity index (χ2n) is 2.78. The third kappa shape index (κ3) is 1.42. The zero-order valence-electron chi connectivity index (χ0n) is 7.48. The minimum atomic E-state index is 0.378. The summed E-state index contributed by atoms with van der Waals surface area (Å²) in [6.07, 6.45) is 3.13. The second kappa shape index (κ2) is 3.26. The molecular formula is C8H8ClN5. The first-order valence-corrected chi connectivity index (χ1v) is 4.35. The highest BCUT2D eigenvalue weighted by Gasteiger charge is 2.07. The van der Waals surface area contributed by atoms with E-state index in [4.69, 9.17) is 17.3 Å². The van der Waals surface area contributed by atoms with Gasteiger partial charge in [-0.15, -0.1) is 0 Å². The normalized spacial score (nSPS) is 10.4. The molecule has 6 heteroatoms. The molecule has 0 aliphatic carbocycles. The van der Waals surface area contributed by atoms with Gasteiger partial charge in [-0.3, -0.25) is 0 Å². The Morgan fingerprint density at radius 2 is 2.29 bits per heavy atom. The highest BCUT2D eigenvalue weighted by molar-refractivity contribution is 6.29. The van der Waals surface area contributed by atoms with Gasteiger partial charge in [-0.25, -0.2) is 9.67 Å². The van der Waals surface area contributed by atoms with E-state index in [2.05, 4.69) is 15.1 Å². The molecule has 2 rings (SSSR count). The fourth-order valence-electron chi connectivity index (χ4n) is 1.05. The van der Waals surface area contributed by atoms with Crippen molar-refractivity contribution in [1.29, 1.82) is 0 Å². The van der Waals surface area contributed by atoms with Crippen LogP contribution in [-0.4, -0.2) is 19.7 Å². The van der Waals surface area contributed by atoms with E-state index < -0.39 is 0 Å². The highest BCUT2D eigenvalue weighted by atomic mass is 35.5. The summed E-state index contributed by atoms with van der Waals surface area (Å²) in [6, 6.07) is 1.60.